The van der Waals surface area contributed by atoms with Gasteiger partial charge in [-0.2, -0.15) is 0 Å². The second-order valence-corrected chi connectivity index (χ2v) is 0. The van der Waals surface area contributed by atoms with Crippen molar-refractivity contribution in [2.24, 2.45) is 0 Å². The van der Waals surface area contributed by atoms with Gasteiger partial charge in [0.05, 0.1) is 0 Å². The van der Waals surface area contributed by atoms with Crippen molar-refractivity contribution in [3.63, 3.8) is 0 Å². The van der Waals surface area contributed by atoms with E-state index in [2.05, 4.69) is 0 Å². The van der Waals surface area contributed by atoms with E-state index in [0.717, 1.165) is 0 Å². The van der Waals surface area contributed by atoms with Crippen LogP contribution in [0.5, 0.6) is 0 Å². The van der Waals surface area contributed by atoms with E-state index in [9.17, 15) is 0 Å². The zero-order chi connectivity index (χ0) is 0. The molecule has 0 aromatic rings. The Hall–Kier alpha value is 3.76. The molecule has 4 heavy (non-hydrogen) atoms. The van der Waals surface area contributed by atoms with Gasteiger partial charge in [0.1, 0.15) is 0 Å². The van der Waals surface area contributed by atoms with Crippen LogP contribution in [0.1, 0.15) is 0 Å². The standard InChI is InChI=1S/Eu.Ga.Ge.Na. The first kappa shape index (κ1) is 25.1. The summed E-state index contributed by atoms with van der Waals surface area (Å²) in [6, 6.07) is 0. The van der Waals surface area contributed by atoms with Crippen molar-refractivity contribution in [3.05, 3.63) is 0 Å². The summed E-state index contributed by atoms with van der Waals surface area (Å²) in [5.74, 6) is 0. The Bertz CT molecular complexity index is 8.00. The first-order valence-corrected chi connectivity index (χ1v) is 0. The van der Waals surface area contributed by atoms with Crippen LogP contribution in [0.25, 0.3) is 0 Å². The molecule has 0 aliphatic carbocycles. The molecular formula is EuGaGeNa. The van der Waals surface area contributed by atoms with Crippen LogP contribution < -0.4 is 0 Å². The van der Waals surface area contributed by atoms with Crippen LogP contribution in [0.15, 0.2) is 0 Å². The Morgan fingerprint density at radius 2 is 1.00 bits per heavy atom. The van der Waals surface area contributed by atoms with Gasteiger partial charge in [0.2, 0.25) is 0 Å². The molecule has 15 valence electrons. The summed E-state index contributed by atoms with van der Waals surface area (Å²) in [5.41, 5.74) is 0. The molecule has 0 amide bonds. The fourth-order valence-corrected chi connectivity index (χ4v) is 0. The average Bonchev–Trinajstić information content (AvgIpc) is 0. The minimum Gasteiger partial charge on any atom is 0 e. The van der Waals surface area contributed by atoms with E-state index in [-0.39, 0.29) is 116 Å². The summed E-state index contributed by atoms with van der Waals surface area (Å²) in [7, 11) is 0. The Morgan fingerprint density at radius 3 is 1.00 bits per heavy atom. The van der Waals surface area contributed by atoms with Crippen molar-refractivity contribution in [3.8, 4) is 0 Å². The van der Waals surface area contributed by atoms with Gasteiger partial charge >= 0.3 is 0 Å². The zero-order valence-electron chi connectivity index (χ0n) is 2.46. The minimum absolute atomic E-state index is 0. The first-order chi connectivity index (χ1) is 0. The number of rotatable bonds is 0. The van der Waals surface area contributed by atoms with Gasteiger partial charge < -0.3 is 0 Å². The Morgan fingerprint density at radius 1 is 1.00 bits per heavy atom. The molecule has 0 unspecified atom stereocenters. The molecule has 0 saturated heterocycles. The molecule has 0 N–H and O–H groups in total. The summed E-state index contributed by atoms with van der Waals surface area (Å²) in [4.78, 5) is 0. The van der Waals surface area contributed by atoms with E-state index in [4.69, 9.17) is 0 Å². The Labute approximate surface area is 113 Å². The van der Waals surface area contributed by atoms with Gasteiger partial charge in [-0.15, -0.1) is 0 Å². The van der Waals surface area contributed by atoms with E-state index in [1.54, 1.807) is 0 Å². The summed E-state index contributed by atoms with van der Waals surface area (Å²) in [6.07, 6.45) is 0. The molecule has 0 nitrogen and oxygen atoms in total. The average molecular weight is 317 g/mol. The molecule has 0 aliphatic rings. The largest absolute Gasteiger partial charge is 0 e. The predicted molar refractivity (Wildman–Crippen MR) is 17.3 cm³/mol. The summed E-state index contributed by atoms with van der Waals surface area (Å²) in [5, 5.41) is 0. The molecule has 0 atom stereocenters. The third kappa shape index (κ3) is 9.23. The minimum atomic E-state index is 0. The van der Waals surface area contributed by atoms with E-state index in [0.29, 0.717) is 0 Å². The fraction of sp³-hybridized carbons (Fsp3) is 0. The molecule has 0 aromatic heterocycles. The van der Waals surface area contributed by atoms with Gasteiger partial charge in [-0.1, -0.05) is 0 Å². The molecule has 0 rings (SSSR count). The van der Waals surface area contributed by atoms with Crippen molar-refractivity contribution < 1.29 is 49.4 Å². The van der Waals surface area contributed by atoms with Crippen LogP contribution in [-0.2, 0) is 0 Å². The van der Waals surface area contributed by atoms with Crippen molar-refractivity contribution >= 4 is 66.9 Å². The molecule has 4 heteroatoms. The second kappa shape index (κ2) is 15.9. The molecule has 0 spiro atoms. The van der Waals surface area contributed by atoms with Crippen molar-refractivity contribution in [1.82, 2.24) is 0 Å². The predicted octanol–water partition coefficient (Wildman–Crippen LogP) is -1.14. The molecule has 9 radical (unpaired) electrons. The maximum Gasteiger partial charge on any atom is 0 e. The van der Waals surface area contributed by atoms with E-state index >= 15 is 0 Å². The quantitative estimate of drug-likeness (QED) is 0.496. The van der Waals surface area contributed by atoms with Crippen LogP contribution in [0.3, 0.4) is 0 Å². The van der Waals surface area contributed by atoms with Crippen LogP contribution in [0.4, 0.5) is 0 Å². The summed E-state index contributed by atoms with van der Waals surface area (Å²) >= 11 is 0. The van der Waals surface area contributed by atoms with Crippen molar-refractivity contribution in [2.75, 3.05) is 0 Å². The smallest absolute Gasteiger partial charge is 0 e. The van der Waals surface area contributed by atoms with Gasteiger partial charge in [0, 0.05) is 116 Å². The molecule has 0 fully saturated rings. The first-order valence-electron chi connectivity index (χ1n) is 0. The van der Waals surface area contributed by atoms with Crippen LogP contribution in [-0.4, -0.2) is 66.9 Å². The maximum absolute atomic E-state index is 0. The van der Waals surface area contributed by atoms with Gasteiger partial charge in [-0.3, -0.25) is 0 Å². The van der Waals surface area contributed by atoms with Crippen molar-refractivity contribution in [2.45, 2.75) is 0 Å². The molecule has 0 bridgehead atoms. The molecule has 0 saturated carbocycles. The normalized spacial score (nSPS) is 0. The van der Waals surface area contributed by atoms with E-state index in [1.807, 2.05) is 0 Å². The van der Waals surface area contributed by atoms with E-state index in [1.165, 1.54) is 0 Å². The molecule has 0 aliphatic heterocycles. The second-order valence-electron chi connectivity index (χ2n) is 0. The van der Waals surface area contributed by atoms with Gasteiger partial charge in [-0.25, -0.2) is 0 Å². The van der Waals surface area contributed by atoms with Crippen LogP contribution >= 0.6 is 0 Å². The zero-order valence-corrected chi connectivity index (χ0v) is 11.4. The van der Waals surface area contributed by atoms with Crippen LogP contribution in [0.2, 0.25) is 0 Å². The van der Waals surface area contributed by atoms with Crippen molar-refractivity contribution in [1.29, 1.82) is 0 Å². The molecule has 0 heterocycles. The fourth-order valence-electron chi connectivity index (χ4n) is 0. The topological polar surface area (TPSA) is 0 Å². The van der Waals surface area contributed by atoms with Gasteiger partial charge in [0.15, 0.2) is 0 Å². The monoisotopic (exact) mass is 319 g/mol. The van der Waals surface area contributed by atoms with E-state index < -0.39 is 0 Å². The number of hydrogen-bond acceptors (Lipinski definition) is 0. The SMILES string of the molecule is [Eu].[Ga].[Ge].[Na]. The van der Waals surface area contributed by atoms with Crippen LogP contribution in [0, 0.1) is 49.4 Å². The Balaban J connectivity index is 0. The summed E-state index contributed by atoms with van der Waals surface area (Å²) < 4.78 is 0. The third-order valence-corrected chi connectivity index (χ3v) is 0. The number of hydrogen-bond donors (Lipinski definition) is 0. The summed E-state index contributed by atoms with van der Waals surface area (Å²) in [6.45, 7) is 0. The molecule has 0 aromatic carbocycles. The Kier molecular flexibility index (Phi) is 99.4. The van der Waals surface area contributed by atoms with Gasteiger partial charge in [0.25, 0.3) is 0 Å². The molecular weight excluding hydrogens is 317 g/mol. The maximum atomic E-state index is 0. The van der Waals surface area contributed by atoms with Gasteiger partial charge in [-0.05, 0) is 0 Å². The third-order valence-electron chi connectivity index (χ3n) is 0.